The van der Waals surface area contributed by atoms with E-state index in [2.05, 4.69) is 39.9 Å². The van der Waals surface area contributed by atoms with Gasteiger partial charge in [0.2, 0.25) is 0 Å². The van der Waals surface area contributed by atoms with Crippen molar-refractivity contribution in [1.29, 1.82) is 0 Å². The number of nitrogens with one attached hydrogen (secondary N) is 1. The summed E-state index contributed by atoms with van der Waals surface area (Å²) < 4.78 is 5.86. The van der Waals surface area contributed by atoms with E-state index in [0.717, 1.165) is 12.5 Å². The third-order valence-corrected chi connectivity index (χ3v) is 5.21. The molecule has 1 fully saturated rings. The molecule has 1 aliphatic carbocycles. The van der Waals surface area contributed by atoms with E-state index in [4.69, 9.17) is 4.74 Å². The van der Waals surface area contributed by atoms with Crippen LogP contribution in [0.2, 0.25) is 0 Å². The Labute approximate surface area is 127 Å². The second-order valence-corrected chi connectivity index (χ2v) is 7.14. The molecular weight excluding hydrogens is 246 g/mol. The lowest BCUT2D eigenvalue weighted by molar-refractivity contribution is -0.125. The molecule has 1 rings (SSSR count). The molecule has 2 nitrogen and oxygen atoms in total. The van der Waals surface area contributed by atoms with Crippen LogP contribution in [0, 0.1) is 11.3 Å². The molecule has 0 heterocycles. The molecule has 120 valence electrons. The smallest absolute Gasteiger partial charge is 0.0658 e. The highest BCUT2D eigenvalue weighted by atomic mass is 16.5. The zero-order valence-corrected chi connectivity index (χ0v) is 14.5. The molecule has 0 bridgehead atoms. The number of rotatable bonds is 11. The first-order valence-corrected chi connectivity index (χ1v) is 8.89. The summed E-state index contributed by atoms with van der Waals surface area (Å²) in [4.78, 5) is 0. The molecule has 0 amide bonds. The van der Waals surface area contributed by atoms with Crippen molar-refractivity contribution in [1.82, 2.24) is 5.32 Å². The van der Waals surface area contributed by atoms with Crippen molar-refractivity contribution in [2.45, 2.75) is 91.7 Å². The number of unbranched alkanes of at least 4 members (excludes halogenated alkanes) is 3. The SMILES string of the molecule is CCOC1CC(NCCCCCCC(C)C)C1(C)CC. The highest BCUT2D eigenvalue weighted by Gasteiger charge is 2.50. The zero-order chi connectivity index (χ0) is 15.0. The predicted octanol–water partition coefficient (Wildman–Crippen LogP) is 4.78. The van der Waals surface area contributed by atoms with E-state index < -0.39 is 0 Å². The largest absolute Gasteiger partial charge is 0.378 e. The minimum absolute atomic E-state index is 0.355. The van der Waals surface area contributed by atoms with Crippen molar-refractivity contribution >= 4 is 0 Å². The Kier molecular flexibility index (Phi) is 8.13. The molecule has 3 unspecified atom stereocenters. The van der Waals surface area contributed by atoms with Crippen molar-refractivity contribution in [3.63, 3.8) is 0 Å². The van der Waals surface area contributed by atoms with Gasteiger partial charge in [-0.3, -0.25) is 0 Å². The van der Waals surface area contributed by atoms with Crippen LogP contribution in [-0.2, 0) is 4.74 Å². The van der Waals surface area contributed by atoms with Crippen LogP contribution in [0.25, 0.3) is 0 Å². The number of ether oxygens (including phenoxy) is 1. The van der Waals surface area contributed by atoms with E-state index in [1.807, 2.05) is 0 Å². The van der Waals surface area contributed by atoms with Gasteiger partial charge in [0.1, 0.15) is 0 Å². The fourth-order valence-corrected chi connectivity index (χ4v) is 3.37. The Morgan fingerprint density at radius 2 is 1.85 bits per heavy atom. The van der Waals surface area contributed by atoms with Crippen LogP contribution in [0.1, 0.15) is 79.6 Å². The maximum atomic E-state index is 5.86. The Balaban J connectivity index is 2.08. The molecule has 0 aromatic heterocycles. The summed E-state index contributed by atoms with van der Waals surface area (Å²) in [5, 5.41) is 3.77. The molecule has 3 atom stereocenters. The van der Waals surface area contributed by atoms with Gasteiger partial charge in [-0.1, -0.05) is 53.4 Å². The minimum Gasteiger partial charge on any atom is -0.378 e. The van der Waals surface area contributed by atoms with Crippen LogP contribution in [0.4, 0.5) is 0 Å². The fraction of sp³-hybridized carbons (Fsp3) is 1.00. The lowest BCUT2D eigenvalue weighted by atomic mass is 9.61. The van der Waals surface area contributed by atoms with Gasteiger partial charge in [-0.2, -0.15) is 0 Å². The van der Waals surface area contributed by atoms with Crippen LogP contribution in [-0.4, -0.2) is 25.3 Å². The molecule has 0 radical (unpaired) electrons. The second-order valence-electron chi connectivity index (χ2n) is 7.14. The predicted molar refractivity (Wildman–Crippen MR) is 88.1 cm³/mol. The molecule has 1 saturated carbocycles. The second kappa shape index (κ2) is 9.04. The lowest BCUT2D eigenvalue weighted by Gasteiger charge is -2.53. The Bertz CT molecular complexity index is 254. The van der Waals surface area contributed by atoms with Crippen molar-refractivity contribution < 1.29 is 4.74 Å². The third kappa shape index (κ3) is 5.04. The van der Waals surface area contributed by atoms with Crippen molar-refractivity contribution in [2.75, 3.05) is 13.2 Å². The zero-order valence-electron chi connectivity index (χ0n) is 14.5. The normalized spacial score (nSPS) is 29.7. The van der Waals surface area contributed by atoms with Crippen LogP contribution in [0.15, 0.2) is 0 Å². The van der Waals surface area contributed by atoms with E-state index in [9.17, 15) is 0 Å². The van der Waals surface area contributed by atoms with E-state index in [1.165, 1.54) is 51.5 Å². The summed E-state index contributed by atoms with van der Waals surface area (Å²) >= 11 is 0. The summed E-state index contributed by atoms with van der Waals surface area (Å²) in [6, 6.07) is 0.666. The van der Waals surface area contributed by atoms with Crippen molar-refractivity contribution in [3.8, 4) is 0 Å². The highest BCUT2D eigenvalue weighted by Crippen LogP contribution is 2.45. The van der Waals surface area contributed by atoms with Gasteiger partial charge in [0, 0.05) is 18.1 Å². The topological polar surface area (TPSA) is 21.3 Å². The van der Waals surface area contributed by atoms with E-state index in [0.29, 0.717) is 17.6 Å². The molecule has 20 heavy (non-hydrogen) atoms. The van der Waals surface area contributed by atoms with Crippen LogP contribution >= 0.6 is 0 Å². The average Bonchev–Trinajstić information content (AvgIpc) is 2.42. The molecular formula is C18H37NO. The van der Waals surface area contributed by atoms with Gasteiger partial charge in [0.05, 0.1) is 6.10 Å². The Morgan fingerprint density at radius 3 is 2.45 bits per heavy atom. The van der Waals surface area contributed by atoms with Gasteiger partial charge in [-0.25, -0.2) is 0 Å². The fourth-order valence-electron chi connectivity index (χ4n) is 3.37. The van der Waals surface area contributed by atoms with Gasteiger partial charge >= 0.3 is 0 Å². The summed E-state index contributed by atoms with van der Waals surface area (Å²) in [5.41, 5.74) is 0.355. The van der Waals surface area contributed by atoms with Crippen LogP contribution < -0.4 is 5.32 Å². The van der Waals surface area contributed by atoms with Crippen LogP contribution in [0.3, 0.4) is 0 Å². The molecule has 0 aliphatic heterocycles. The van der Waals surface area contributed by atoms with Gasteiger partial charge in [-0.15, -0.1) is 0 Å². The Hall–Kier alpha value is -0.0800. The van der Waals surface area contributed by atoms with Gasteiger partial charge in [0.15, 0.2) is 0 Å². The van der Waals surface area contributed by atoms with E-state index in [1.54, 1.807) is 0 Å². The maximum Gasteiger partial charge on any atom is 0.0658 e. The summed E-state index contributed by atoms with van der Waals surface area (Å²) in [7, 11) is 0. The summed E-state index contributed by atoms with van der Waals surface area (Å²) in [6.07, 6.45) is 9.78. The number of hydrogen-bond donors (Lipinski definition) is 1. The van der Waals surface area contributed by atoms with Gasteiger partial charge < -0.3 is 10.1 Å². The first-order valence-electron chi connectivity index (χ1n) is 8.89. The van der Waals surface area contributed by atoms with Crippen molar-refractivity contribution in [2.24, 2.45) is 11.3 Å². The van der Waals surface area contributed by atoms with E-state index in [-0.39, 0.29) is 0 Å². The highest BCUT2D eigenvalue weighted by molar-refractivity contribution is 5.04. The summed E-state index contributed by atoms with van der Waals surface area (Å²) in [5.74, 6) is 0.865. The number of hydrogen-bond acceptors (Lipinski definition) is 2. The first-order chi connectivity index (χ1) is 9.54. The lowest BCUT2D eigenvalue weighted by Crippen LogP contribution is -2.62. The monoisotopic (exact) mass is 283 g/mol. The molecule has 0 aromatic carbocycles. The summed E-state index contributed by atoms with van der Waals surface area (Å²) in [6.45, 7) is 13.5. The standard InChI is InChI=1S/C18H37NO/c1-6-18(5)16(14-17(18)20-7-2)19-13-11-9-8-10-12-15(3)4/h15-17,19H,6-14H2,1-5H3. The minimum atomic E-state index is 0.355. The van der Waals surface area contributed by atoms with Crippen LogP contribution in [0.5, 0.6) is 0 Å². The quantitative estimate of drug-likeness (QED) is 0.551. The maximum absolute atomic E-state index is 5.86. The molecule has 0 saturated heterocycles. The van der Waals surface area contributed by atoms with Gasteiger partial charge in [0.25, 0.3) is 0 Å². The van der Waals surface area contributed by atoms with E-state index >= 15 is 0 Å². The molecule has 1 N–H and O–H groups in total. The average molecular weight is 284 g/mol. The first kappa shape index (κ1) is 18.0. The van der Waals surface area contributed by atoms with Crippen molar-refractivity contribution in [3.05, 3.63) is 0 Å². The van der Waals surface area contributed by atoms with Gasteiger partial charge in [-0.05, 0) is 38.6 Å². The Morgan fingerprint density at radius 1 is 1.15 bits per heavy atom. The third-order valence-electron chi connectivity index (χ3n) is 5.21. The molecule has 0 spiro atoms. The molecule has 0 aromatic rings. The molecule has 1 aliphatic rings. The molecule has 2 heteroatoms.